The summed E-state index contributed by atoms with van der Waals surface area (Å²) in [5, 5.41) is 0. The topological polar surface area (TPSA) is 83.7 Å². The van der Waals surface area contributed by atoms with E-state index in [2.05, 4.69) is 24.8 Å². The molecule has 0 unspecified atom stereocenters. The van der Waals surface area contributed by atoms with Gasteiger partial charge >= 0.3 is 0 Å². The van der Waals surface area contributed by atoms with Gasteiger partial charge in [0, 0.05) is 13.0 Å². The highest BCUT2D eigenvalue weighted by molar-refractivity contribution is 5.43. The fraction of sp³-hybridized carbons (Fsp3) is 0.300. The lowest BCUT2D eigenvalue weighted by Gasteiger charge is -2.26. The average molecular weight is 216 g/mol. The minimum Gasteiger partial charge on any atom is -0.382 e. The molecule has 82 valence electrons. The molecular weight excluding hydrogens is 204 g/mol. The van der Waals surface area contributed by atoms with E-state index in [1.807, 2.05) is 0 Å². The maximum Gasteiger partial charge on any atom is 0.149 e. The van der Waals surface area contributed by atoms with Gasteiger partial charge in [-0.3, -0.25) is 4.98 Å². The average Bonchev–Trinajstić information content (AvgIpc) is 2.75. The summed E-state index contributed by atoms with van der Waals surface area (Å²) >= 11 is 0. The molecule has 0 radical (unpaired) electrons. The molecule has 0 aromatic carbocycles. The van der Waals surface area contributed by atoms with E-state index in [9.17, 15) is 0 Å². The molecule has 1 aliphatic rings. The van der Waals surface area contributed by atoms with Gasteiger partial charge in [-0.1, -0.05) is 0 Å². The Morgan fingerprint density at radius 2 is 2.31 bits per heavy atom. The maximum atomic E-state index is 5.62. The molecule has 0 saturated carbocycles. The van der Waals surface area contributed by atoms with Crippen LogP contribution in [-0.4, -0.2) is 26.5 Å². The lowest BCUT2D eigenvalue weighted by molar-refractivity contribution is 0.700. The van der Waals surface area contributed by atoms with Gasteiger partial charge < -0.3 is 15.6 Å². The molecule has 2 aromatic heterocycles. The summed E-state index contributed by atoms with van der Waals surface area (Å²) in [5.74, 6) is 1.27. The number of aromatic nitrogens is 4. The lowest BCUT2D eigenvalue weighted by atomic mass is 10.1. The highest BCUT2D eigenvalue weighted by atomic mass is 15.2. The fourth-order valence-electron chi connectivity index (χ4n) is 1.93. The number of hydrogen-bond acceptors (Lipinski definition) is 5. The molecule has 6 heteroatoms. The zero-order valence-electron chi connectivity index (χ0n) is 8.72. The third kappa shape index (κ3) is 1.48. The first-order valence-corrected chi connectivity index (χ1v) is 5.16. The monoisotopic (exact) mass is 216 g/mol. The van der Waals surface area contributed by atoms with Crippen LogP contribution in [0.25, 0.3) is 0 Å². The minimum atomic E-state index is 0.452. The molecule has 0 bridgehead atoms. The fourth-order valence-corrected chi connectivity index (χ4v) is 1.93. The number of H-pyrrole nitrogens is 1. The molecule has 3 N–H and O–H groups in total. The van der Waals surface area contributed by atoms with Crippen molar-refractivity contribution >= 4 is 11.6 Å². The highest BCUT2D eigenvalue weighted by Crippen LogP contribution is 2.20. The van der Waals surface area contributed by atoms with E-state index in [1.165, 1.54) is 0 Å². The van der Waals surface area contributed by atoms with Crippen molar-refractivity contribution < 1.29 is 0 Å². The van der Waals surface area contributed by atoms with Crippen LogP contribution in [0.15, 0.2) is 18.7 Å². The summed E-state index contributed by atoms with van der Waals surface area (Å²) in [6.07, 6.45) is 5.95. The van der Waals surface area contributed by atoms with Crippen LogP contribution in [0.1, 0.15) is 11.4 Å². The van der Waals surface area contributed by atoms with Gasteiger partial charge in [0.25, 0.3) is 0 Å². The van der Waals surface area contributed by atoms with E-state index in [1.54, 1.807) is 18.7 Å². The Morgan fingerprint density at radius 1 is 1.38 bits per heavy atom. The zero-order valence-corrected chi connectivity index (χ0v) is 8.72. The van der Waals surface area contributed by atoms with Crippen LogP contribution in [0.3, 0.4) is 0 Å². The van der Waals surface area contributed by atoms with Gasteiger partial charge in [-0.25, -0.2) is 9.97 Å². The molecular formula is C10H12N6. The molecule has 6 nitrogen and oxygen atoms in total. The van der Waals surface area contributed by atoms with E-state index < -0.39 is 0 Å². The number of nitrogen functional groups attached to an aromatic ring is 1. The Labute approximate surface area is 92.5 Å². The van der Waals surface area contributed by atoms with Gasteiger partial charge in [-0.05, 0) is 0 Å². The molecule has 3 heterocycles. The van der Waals surface area contributed by atoms with Crippen LogP contribution in [0.4, 0.5) is 11.6 Å². The molecule has 16 heavy (non-hydrogen) atoms. The smallest absolute Gasteiger partial charge is 0.149 e. The second-order valence-corrected chi connectivity index (χ2v) is 3.80. The van der Waals surface area contributed by atoms with Crippen LogP contribution in [0.2, 0.25) is 0 Å². The van der Waals surface area contributed by atoms with E-state index >= 15 is 0 Å². The normalized spacial score (nSPS) is 14.9. The van der Waals surface area contributed by atoms with E-state index in [0.717, 1.165) is 36.7 Å². The van der Waals surface area contributed by atoms with Gasteiger partial charge in [0.2, 0.25) is 0 Å². The van der Waals surface area contributed by atoms with Crippen molar-refractivity contribution in [2.75, 3.05) is 17.2 Å². The van der Waals surface area contributed by atoms with E-state index in [-0.39, 0.29) is 0 Å². The number of nitrogens with two attached hydrogens (primary N) is 1. The second-order valence-electron chi connectivity index (χ2n) is 3.80. The van der Waals surface area contributed by atoms with Gasteiger partial charge in [-0.15, -0.1) is 0 Å². The number of rotatable bonds is 1. The van der Waals surface area contributed by atoms with Crippen molar-refractivity contribution in [3.05, 3.63) is 30.1 Å². The number of nitrogens with zero attached hydrogens (tertiary/aromatic N) is 4. The summed E-state index contributed by atoms with van der Waals surface area (Å²) in [6, 6.07) is 0. The largest absolute Gasteiger partial charge is 0.382 e. The third-order valence-electron chi connectivity index (χ3n) is 2.74. The molecule has 0 saturated heterocycles. The van der Waals surface area contributed by atoms with Gasteiger partial charge in [0.05, 0.1) is 36.7 Å². The van der Waals surface area contributed by atoms with Gasteiger partial charge in [-0.2, -0.15) is 0 Å². The molecule has 0 atom stereocenters. The van der Waals surface area contributed by atoms with Crippen LogP contribution >= 0.6 is 0 Å². The molecule has 2 aromatic rings. The third-order valence-corrected chi connectivity index (χ3v) is 2.74. The summed E-state index contributed by atoms with van der Waals surface area (Å²) in [5.41, 5.74) is 7.91. The number of hydrogen-bond donors (Lipinski definition) is 2. The molecule has 1 aliphatic heterocycles. The zero-order chi connectivity index (χ0) is 11.0. The summed E-state index contributed by atoms with van der Waals surface area (Å²) in [4.78, 5) is 17.9. The van der Waals surface area contributed by atoms with Crippen LogP contribution in [0, 0.1) is 0 Å². The van der Waals surface area contributed by atoms with E-state index in [0.29, 0.717) is 5.82 Å². The van der Waals surface area contributed by atoms with E-state index in [4.69, 9.17) is 5.73 Å². The Hall–Kier alpha value is -2.11. The quantitative estimate of drug-likeness (QED) is 0.718. The predicted octanol–water partition coefficient (Wildman–Crippen LogP) is 0.345. The number of imidazole rings is 1. The Balaban J connectivity index is 1.88. The number of fused-ring (bicyclic) bond motifs is 1. The minimum absolute atomic E-state index is 0.452. The summed E-state index contributed by atoms with van der Waals surface area (Å²) in [7, 11) is 0. The Morgan fingerprint density at radius 3 is 3.19 bits per heavy atom. The first kappa shape index (κ1) is 9.14. The van der Waals surface area contributed by atoms with Crippen molar-refractivity contribution in [2.45, 2.75) is 13.0 Å². The maximum absolute atomic E-state index is 5.62. The molecule has 0 fully saturated rings. The first-order chi connectivity index (χ1) is 7.83. The lowest BCUT2D eigenvalue weighted by Crippen LogP contribution is -2.31. The second kappa shape index (κ2) is 3.48. The van der Waals surface area contributed by atoms with Gasteiger partial charge in [0.15, 0.2) is 0 Å². The summed E-state index contributed by atoms with van der Waals surface area (Å²) in [6.45, 7) is 1.68. The predicted molar refractivity (Wildman–Crippen MR) is 59.8 cm³/mol. The Bertz CT molecular complexity index is 506. The summed E-state index contributed by atoms with van der Waals surface area (Å²) < 4.78 is 0. The van der Waals surface area contributed by atoms with Crippen LogP contribution < -0.4 is 10.6 Å². The molecule has 0 aliphatic carbocycles. The van der Waals surface area contributed by atoms with Crippen molar-refractivity contribution in [1.29, 1.82) is 0 Å². The number of nitrogens with one attached hydrogen (secondary N) is 1. The van der Waals surface area contributed by atoms with Crippen LogP contribution in [-0.2, 0) is 13.0 Å². The number of anilines is 2. The Kier molecular flexibility index (Phi) is 1.99. The van der Waals surface area contributed by atoms with Gasteiger partial charge in [0.1, 0.15) is 11.6 Å². The van der Waals surface area contributed by atoms with Crippen molar-refractivity contribution in [1.82, 2.24) is 19.9 Å². The SMILES string of the molecule is Nc1cncc(N2CCc3nc[nH]c3C2)n1. The van der Waals surface area contributed by atoms with Crippen molar-refractivity contribution in [3.63, 3.8) is 0 Å². The van der Waals surface area contributed by atoms with Crippen molar-refractivity contribution in [3.8, 4) is 0 Å². The van der Waals surface area contributed by atoms with Crippen LogP contribution in [0.5, 0.6) is 0 Å². The molecule has 3 rings (SSSR count). The number of aromatic amines is 1. The first-order valence-electron chi connectivity index (χ1n) is 5.16. The molecule has 0 amide bonds. The molecule has 0 spiro atoms. The highest BCUT2D eigenvalue weighted by Gasteiger charge is 2.19. The standard InChI is InChI=1S/C10H12N6/c11-9-3-12-4-10(15-9)16-2-1-7-8(5-16)14-6-13-7/h3-4,6H,1-2,5H2,(H2,11,15)(H,13,14). The van der Waals surface area contributed by atoms with Crippen molar-refractivity contribution in [2.24, 2.45) is 0 Å².